The minimum absolute atomic E-state index is 0.0668. The number of rotatable bonds is 3. The zero-order chi connectivity index (χ0) is 13.8. The SMILES string of the molecule is CCC1CCCCN1C(=O)c1cc(N)cc(OC)c1. The van der Waals surface area contributed by atoms with Gasteiger partial charge in [-0.15, -0.1) is 0 Å². The number of nitrogen functional groups attached to an aromatic ring is 1. The summed E-state index contributed by atoms with van der Waals surface area (Å²) in [7, 11) is 1.58. The first-order chi connectivity index (χ1) is 9.15. The first-order valence-electron chi connectivity index (χ1n) is 6.91. The number of nitrogens with zero attached hydrogens (tertiary/aromatic N) is 1. The molecule has 4 heteroatoms. The van der Waals surface area contributed by atoms with Gasteiger partial charge in [-0.2, -0.15) is 0 Å². The number of anilines is 1. The van der Waals surface area contributed by atoms with E-state index < -0.39 is 0 Å². The Balaban J connectivity index is 2.24. The Hall–Kier alpha value is -1.71. The Kier molecular flexibility index (Phi) is 4.30. The van der Waals surface area contributed by atoms with Crippen LogP contribution in [0, 0.1) is 0 Å². The number of amides is 1. The average Bonchev–Trinajstić information content (AvgIpc) is 2.45. The predicted molar refractivity (Wildman–Crippen MR) is 76.4 cm³/mol. The highest BCUT2D eigenvalue weighted by Crippen LogP contribution is 2.24. The summed E-state index contributed by atoms with van der Waals surface area (Å²) < 4.78 is 5.18. The fourth-order valence-corrected chi connectivity index (χ4v) is 2.72. The average molecular weight is 262 g/mol. The van der Waals surface area contributed by atoms with Gasteiger partial charge in [-0.25, -0.2) is 0 Å². The summed E-state index contributed by atoms with van der Waals surface area (Å²) in [6.45, 7) is 2.98. The molecule has 104 valence electrons. The van der Waals surface area contributed by atoms with Gasteiger partial charge < -0.3 is 15.4 Å². The number of carbonyl (C=O) groups excluding carboxylic acids is 1. The van der Waals surface area contributed by atoms with E-state index in [0.29, 0.717) is 23.0 Å². The van der Waals surface area contributed by atoms with E-state index in [9.17, 15) is 4.79 Å². The van der Waals surface area contributed by atoms with E-state index in [4.69, 9.17) is 10.5 Å². The lowest BCUT2D eigenvalue weighted by Crippen LogP contribution is -2.43. The van der Waals surface area contributed by atoms with Gasteiger partial charge in [0.1, 0.15) is 5.75 Å². The van der Waals surface area contributed by atoms with Crippen molar-refractivity contribution in [1.29, 1.82) is 0 Å². The lowest BCUT2D eigenvalue weighted by Gasteiger charge is -2.35. The fraction of sp³-hybridized carbons (Fsp3) is 0.533. The van der Waals surface area contributed by atoms with E-state index in [0.717, 1.165) is 25.8 Å². The number of hydrogen-bond acceptors (Lipinski definition) is 3. The van der Waals surface area contributed by atoms with Gasteiger partial charge in [0.2, 0.25) is 0 Å². The van der Waals surface area contributed by atoms with Crippen LogP contribution in [0.4, 0.5) is 5.69 Å². The highest BCUT2D eigenvalue weighted by Gasteiger charge is 2.26. The Morgan fingerprint density at radius 1 is 1.42 bits per heavy atom. The van der Waals surface area contributed by atoms with E-state index in [2.05, 4.69) is 6.92 Å². The predicted octanol–water partition coefficient (Wildman–Crippen LogP) is 2.68. The smallest absolute Gasteiger partial charge is 0.254 e. The van der Waals surface area contributed by atoms with Gasteiger partial charge in [-0.05, 0) is 37.8 Å². The van der Waals surface area contributed by atoms with Gasteiger partial charge in [0.15, 0.2) is 0 Å². The first kappa shape index (κ1) is 13.7. The van der Waals surface area contributed by atoms with Crippen LogP contribution in [0.25, 0.3) is 0 Å². The van der Waals surface area contributed by atoms with Crippen molar-refractivity contribution in [2.75, 3.05) is 19.4 Å². The van der Waals surface area contributed by atoms with Crippen LogP contribution in [-0.4, -0.2) is 30.5 Å². The zero-order valence-corrected chi connectivity index (χ0v) is 11.7. The Morgan fingerprint density at radius 2 is 2.21 bits per heavy atom. The van der Waals surface area contributed by atoms with Crippen LogP contribution in [0.3, 0.4) is 0 Å². The third kappa shape index (κ3) is 3.00. The molecule has 1 aromatic rings. The molecule has 0 aromatic heterocycles. The molecule has 1 fully saturated rings. The van der Waals surface area contributed by atoms with E-state index in [-0.39, 0.29) is 5.91 Å². The number of carbonyl (C=O) groups is 1. The quantitative estimate of drug-likeness (QED) is 0.852. The van der Waals surface area contributed by atoms with Gasteiger partial charge in [0.05, 0.1) is 7.11 Å². The monoisotopic (exact) mass is 262 g/mol. The van der Waals surface area contributed by atoms with E-state index >= 15 is 0 Å². The van der Waals surface area contributed by atoms with Crippen LogP contribution < -0.4 is 10.5 Å². The second-order valence-corrected chi connectivity index (χ2v) is 5.05. The number of methoxy groups -OCH3 is 1. The summed E-state index contributed by atoms with van der Waals surface area (Å²) >= 11 is 0. The highest BCUT2D eigenvalue weighted by molar-refractivity contribution is 5.95. The van der Waals surface area contributed by atoms with Crippen LogP contribution in [0.2, 0.25) is 0 Å². The maximum atomic E-state index is 12.6. The first-order valence-corrected chi connectivity index (χ1v) is 6.91. The van der Waals surface area contributed by atoms with Crippen LogP contribution in [0.5, 0.6) is 5.75 Å². The Labute approximate surface area is 114 Å². The maximum Gasteiger partial charge on any atom is 0.254 e. The minimum Gasteiger partial charge on any atom is -0.497 e. The molecule has 1 amide bonds. The van der Waals surface area contributed by atoms with Gasteiger partial charge >= 0.3 is 0 Å². The lowest BCUT2D eigenvalue weighted by atomic mass is 9.98. The number of piperidine rings is 1. The van der Waals surface area contributed by atoms with Crippen molar-refractivity contribution in [1.82, 2.24) is 4.90 Å². The van der Waals surface area contributed by atoms with Crippen molar-refractivity contribution in [3.8, 4) is 5.75 Å². The molecule has 0 radical (unpaired) electrons. The molecule has 4 nitrogen and oxygen atoms in total. The van der Waals surface area contributed by atoms with Gasteiger partial charge in [0.25, 0.3) is 5.91 Å². The molecule has 1 aromatic carbocycles. The standard InChI is InChI=1S/C15H22N2O2/c1-3-13-6-4-5-7-17(13)15(18)11-8-12(16)10-14(9-11)19-2/h8-10,13H,3-7,16H2,1-2H3. The molecule has 1 atom stereocenters. The Morgan fingerprint density at radius 3 is 2.89 bits per heavy atom. The molecule has 1 aliphatic rings. The minimum atomic E-state index is 0.0668. The second-order valence-electron chi connectivity index (χ2n) is 5.05. The molecule has 19 heavy (non-hydrogen) atoms. The molecule has 1 aliphatic heterocycles. The van der Waals surface area contributed by atoms with Crippen molar-refractivity contribution in [2.24, 2.45) is 0 Å². The second kappa shape index (κ2) is 5.95. The summed E-state index contributed by atoms with van der Waals surface area (Å²) in [6.07, 6.45) is 4.40. The summed E-state index contributed by atoms with van der Waals surface area (Å²) in [5.41, 5.74) is 7.00. The molecule has 0 spiro atoms. The highest BCUT2D eigenvalue weighted by atomic mass is 16.5. The largest absolute Gasteiger partial charge is 0.497 e. The van der Waals surface area contributed by atoms with Crippen LogP contribution in [0.1, 0.15) is 43.0 Å². The molecule has 1 unspecified atom stereocenters. The number of nitrogens with two attached hydrogens (primary N) is 1. The van der Waals surface area contributed by atoms with Crippen molar-refractivity contribution >= 4 is 11.6 Å². The van der Waals surface area contributed by atoms with Crippen LogP contribution in [-0.2, 0) is 0 Å². The molecule has 1 heterocycles. The number of hydrogen-bond donors (Lipinski definition) is 1. The van der Waals surface area contributed by atoms with Crippen molar-refractivity contribution < 1.29 is 9.53 Å². The molecule has 0 aliphatic carbocycles. The van der Waals surface area contributed by atoms with Crippen molar-refractivity contribution in [3.05, 3.63) is 23.8 Å². The lowest BCUT2D eigenvalue weighted by molar-refractivity contribution is 0.0607. The number of benzene rings is 1. The third-order valence-corrected chi connectivity index (χ3v) is 3.77. The molecule has 2 N–H and O–H groups in total. The van der Waals surface area contributed by atoms with Crippen molar-refractivity contribution in [2.45, 2.75) is 38.6 Å². The summed E-state index contributed by atoms with van der Waals surface area (Å²) in [4.78, 5) is 14.6. The molecule has 1 saturated heterocycles. The number of likely N-dealkylation sites (tertiary alicyclic amines) is 1. The molecule has 2 rings (SSSR count). The fourth-order valence-electron chi connectivity index (χ4n) is 2.72. The van der Waals surface area contributed by atoms with E-state index in [1.54, 1.807) is 25.3 Å². The molecular weight excluding hydrogens is 240 g/mol. The van der Waals surface area contributed by atoms with Crippen molar-refractivity contribution in [3.63, 3.8) is 0 Å². The summed E-state index contributed by atoms with van der Waals surface area (Å²) in [5.74, 6) is 0.700. The molecule has 0 saturated carbocycles. The van der Waals surface area contributed by atoms with Gasteiger partial charge in [0, 0.05) is 29.9 Å². The maximum absolute atomic E-state index is 12.6. The van der Waals surface area contributed by atoms with Crippen LogP contribution in [0.15, 0.2) is 18.2 Å². The molecular formula is C15H22N2O2. The summed E-state index contributed by atoms with van der Waals surface area (Å²) in [5, 5.41) is 0. The van der Waals surface area contributed by atoms with E-state index in [1.165, 1.54) is 6.42 Å². The van der Waals surface area contributed by atoms with Gasteiger partial charge in [-0.3, -0.25) is 4.79 Å². The number of ether oxygens (including phenoxy) is 1. The molecule has 0 bridgehead atoms. The third-order valence-electron chi connectivity index (χ3n) is 3.77. The normalized spacial score (nSPS) is 19.3. The Bertz CT molecular complexity index is 459. The zero-order valence-electron chi connectivity index (χ0n) is 11.7. The van der Waals surface area contributed by atoms with E-state index in [1.807, 2.05) is 4.90 Å². The topological polar surface area (TPSA) is 55.6 Å². The summed E-state index contributed by atoms with van der Waals surface area (Å²) in [6, 6.07) is 5.57. The van der Waals surface area contributed by atoms with Crippen LogP contribution >= 0.6 is 0 Å². The van der Waals surface area contributed by atoms with Gasteiger partial charge in [-0.1, -0.05) is 6.92 Å².